The van der Waals surface area contributed by atoms with E-state index in [1.54, 1.807) is 12.1 Å². The zero-order chi connectivity index (χ0) is 16.8. The van der Waals surface area contributed by atoms with Gasteiger partial charge in [-0.3, -0.25) is 15.0 Å². The van der Waals surface area contributed by atoms with Gasteiger partial charge in [-0.15, -0.1) is 0 Å². The highest BCUT2D eigenvalue weighted by molar-refractivity contribution is 6.30. The van der Waals surface area contributed by atoms with Crippen LogP contribution in [0.15, 0.2) is 54.6 Å². The molecule has 2 rings (SSSR count). The number of urea groups is 1. The Morgan fingerprint density at radius 1 is 1.13 bits per heavy atom. The number of hydrogen-bond acceptors (Lipinski definition) is 3. The number of carbonyl (C=O) groups is 2. The fourth-order valence-electron chi connectivity index (χ4n) is 2.40. The van der Waals surface area contributed by atoms with E-state index >= 15 is 0 Å². The van der Waals surface area contributed by atoms with Crippen molar-refractivity contribution in [1.82, 2.24) is 10.2 Å². The highest BCUT2D eigenvalue weighted by atomic mass is 35.5. The van der Waals surface area contributed by atoms with Crippen molar-refractivity contribution < 1.29 is 9.59 Å². The van der Waals surface area contributed by atoms with Crippen molar-refractivity contribution in [1.29, 1.82) is 0 Å². The van der Waals surface area contributed by atoms with Gasteiger partial charge < -0.3 is 5.73 Å². The molecule has 120 valence electrons. The zero-order valence-corrected chi connectivity index (χ0v) is 13.5. The highest BCUT2D eigenvalue weighted by Crippen LogP contribution is 2.22. The van der Waals surface area contributed by atoms with Crippen molar-refractivity contribution >= 4 is 23.5 Å². The predicted octanol–water partition coefficient (Wildman–Crippen LogP) is 2.71. The van der Waals surface area contributed by atoms with Gasteiger partial charge in [0.25, 0.3) is 0 Å². The van der Waals surface area contributed by atoms with Crippen LogP contribution in [-0.2, 0) is 11.3 Å². The van der Waals surface area contributed by atoms with Gasteiger partial charge >= 0.3 is 6.03 Å². The fraction of sp³-hybridized carbons (Fsp3) is 0.176. The molecule has 0 radical (unpaired) electrons. The number of halogens is 1. The molecule has 3 amide bonds. The summed E-state index contributed by atoms with van der Waals surface area (Å²) in [6.07, 6.45) is 0. The second-order valence-electron chi connectivity index (χ2n) is 5.21. The van der Waals surface area contributed by atoms with Crippen LogP contribution < -0.4 is 11.1 Å². The van der Waals surface area contributed by atoms with E-state index in [4.69, 9.17) is 17.3 Å². The lowest BCUT2D eigenvalue weighted by Crippen LogP contribution is -2.43. The first-order valence-corrected chi connectivity index (χ1v) is 7.45. The average molecular weight is 332 g/mol. The van der Waals surface area contributed by atoms with E-state index in [1.807, 2.05) is 54.4 Å². The van der Waals surface area contributed by atoms with E-state index in [9.17, 15) is 9.59 Å². The lowest BCUT2D eigenvalue weighted by molar-refractivity contribution is -0.125. The molecule has 23 heavy (non-hydrogen) atoms. The molecule has 0 aliphatic rings. The van der Waals surface area contributed by atoms with Crippen LogP contribution in [0.1, 0.15) is 17.2 Å². The third kappa shape index (κ3) is 4.81. The molecule has 0 aromatic heterocycles. The summed E-state index contributed by atoms with van der Waals surface area (Å²) in [5.74, 6) is -0.458. The van der Waals surface area contributed by atoms with Crippen LogP contribution in [0, 0.1) is 0 Å². The second kappa shape index (κ2) is 7.76. The van der Waals surface area contributed by atoms with Crippen LogP contribution >= 0.6 is 11.6 Å². The maximum Gasteiger partial charge on any atom is 0.318 e. The number of imide groups is 1. The van der Waals surface area contributed by atoms with Gasteiger partial charge in [-0.2, -0.15) is 0 Å². The number of primary amides is 1. The fourth-order valence-corrected chi connectivity index (χ4v) is 2.53. The first-order valence-electron chi connectivity index (χ1n) is 7.07. The van der Waals surface area contributed by atoms with Gasteiger partial charge in [0.1, 0.15) is 6.04 Å². The molecule has 0 bridgehead atoms. The van der Waals surface area contributed by atoms with Crippen LogP contribution in [0.25, 0.3) is 0 Å². The Balaban J connectivity index is 2.23. The van der Waals surface area contributed by atoms with E-state index in [0.29, 0.717) is 11.6 Å². The largest absolute Gasteiger partial charge is 0.351 e. The molecule has 3 N–H and O–H groups in total. The minimum absolute atomic E-state index is 0.458. The van der Waals surface area contributed by atoms with Crippen molar-refractivity contribution in [3.8, 4) is 0 Å². The summed E-state index contributed by atoms with van der Waals surface area (Å²) < 4.78 is 0. The Kier molecular flexibility index (Phi) is 5.73. The second-order valence-corrected chi connectivity index (χ2v) is 5.64. The molecular weight excluding hydrogens is 314 g/mol. The quantitative estimate of drug-likeness (QED) is 0.884. The lowest BCUT2D eigenvalue weighted by Gasteiger charge is -2.27. The molecule has 0 saturated heterocycles. The molecule has 0 heterocycles. The van der Waals surface area contributed by atoms with Crippen LogP contribution in [-0.4, -0.2) is 23.9 Å². The molecule has 2 aromatic carbocycles. The number of nitrogens with one attached hydrogen (secondary N) is 1. The number of benzene rings is 2. The van der Waals surface area contributed by atoms with Crippen molar-refractivity contribution in [2.75, 3.05) is 7.05 Å². The van der Waals surface area contributed by atoms with E-state index in [1.165, 1.54) is 0 Å². The standard InChI is InChI=1S/C17H18ClN3O2/c1-21(11-12-7-9-14(18)10-8-12)15(16(22)20-17(19)23)13-5-3-2-4-6-13/h2-10,15H,11H2,1H3,(H3,19,20,22,23). The Morgan fingerprint density at radius 2 is 1.74 bits per heavy atom. The smallest absolute Gasteiger partial charge is 0.318 e. The first kappa shape index (κ1) is 17.0. The number of likely N-dealkylation sites (N-methyl/N-ethyl adjacent to an activating group) is 1. The molecule has 0 fully saturated rings. The summed E-state index contributed by atoms with van der Waals surface area (Å²) in [6.45, 7) is 0.517. The molecular formula is C17H18ClN3O2. The molecule has 5 nitrogen and oxygen atoms in total. The number of nitrogens with two attached hydrogens (primary N) is 1. The van der Waals surface area contributed by atoms with Crippen LogP contribution in [0.4, 0.5) is 4.79 Å². The molecule has 0 spiro atoms. The molecule has 6 heteroatoms. The summed E-state index contributed by atoms with van der Waals surface area (Å²) >= 11 is 5.89. The highest BCUT2D eigenvalue weighted by Gasteiger charge is 2.26. The van der Waals surface area contributed by atoms with Crippen molar-refractivity contribution in [3.05, 3.63) is 70.7 Å². The monoisotopic (exact) mass is 331 g/mol. The van der Waals surface area contributed by atoms with Crippen molar-refractivity contribution in [2.24, 2.45) is 5.73 Å². The molecule has 2 aromatic rings. The minimum Gasteiger partial charge on any atom is -0.351 e. The third-order valence-electron chi connectivity index (χ3n) is 3.40. The van der Waals surface area contributed by atoms with Gasteiger partial charge in [0, 0.05) is 11.6 Å². The predicted molar refractivity (Wildman–Crippen MR) is 89.8 cm³/mol. The van der Waals surface area contributed by atoms with Crippen LogP contribution in [0.5, 0.6) is 0 Å². The van der Waals surface area contributed by atoms with Gasteiger partial charge in [0.05, 0.1) is 0 Å². The van der Waals surface area contributed by atoms with Gasteiger partial charge in [-0.25, -0.2) is 4.79 Å². The number of hydrogen-bond donors (Lipinski definition) is 2. The van der Waals surface area contributed by atoms with Gasteiger partial charge in [-0.1, -0.05) is 54.1 Å². The summed E-state index contributed by atoms with van der Waals surface area (Å²) in [5.41, 5.74) is 6.86. The Labute approximate surface area is 140 Å². The third-order valence-corrected chi connectivity index (χ3v) is 3.65. The van der Waals surface area contributed by atoms with E-state index < -0.39 is 18.0 Å². The molecule has 0 aliphatic heterocycles. The first-order chi connectivity index (χ1) is 11.0. The van der Waals surface area contributed by atoms with E-state index in [-0.39, 0.29) is 0 Å². The van der Waals surface area contributed by atoms with Gasteiger partial charge in [-0.05, 0) is 30.3 Å². The number of nitrogens with zero attached hydrogens (tertiary/aromatic N) is 1. The Bertz CT molecular complexity index is 674. The van der Waals surface area contributed by atoms with Crippen molar-refractivity contribution in [3.63, 3.8) is 0 Å². The summed E-state index contributed by atoms with van der Waals surface area (Å²) in [6, 6.07) is 15.1. The molecule has 0 aliphatic carbocycles. The summed E-state index contributed by atoms with van der Waals surface area (Å²) in [7, 11) is 1.81. The van der Waals surface area contributed by atoms with E-state index in [2.05, 4.69) is 5.32 Å². The minimum atomic E-state index is -0.865. The topological polar surface area (TPSA) is 75.4 Å². The van der Waals surface area contributed by atoms with Gasteiger partial charge in [0.15, 0.2) is 0 Å². The number of amides is 3. The normalized spacial score (nSPS) is 12.0. The van der Waals surface area contributed by atoms with Crippen LogP contribution in [0.3, 0.4) is 0 Å². The average Bonchev–Trinajstić information content (AvgIpc) is 2.50. The maximum absolute atomic E-state index is 12.4. The Morgan fingerprint density at radius 3 is 2.30 bits per heavy atom. The maximum atomic E-state index is 12.4. The number of carbonyl (C=O) groups excluding carboxylic acids is 2. The SMILES string of the molecule is CN(Cc1ccc(Cl)cc1)C(C(=O)NC(N)=O)c1ccccc1. The number of rotatable bonds is 5. The van der Waals surface area contributed by atoms with Crippen molar-refractivity contribution in [2.45, 2.75) is 12.6 Å². The van der Waals surface area contributed by atoms with E-state index in [0.717, 1.165) is 11.1 Å². The zero-order valence-electron chi connectivity index (χ0n) is 12.7. The lowest BCUT2D eigenvalue weighted by atomic mass is 10.0. The molecule has 1 unspecified atom stereocenters. The Hall–Kier alpha value is -2.37. The van der Waals surface area contributed by atoms with Gasteiger partial charge in [0.2, 0.25) is 5.91 Å². The summed E-state index contributed by atoms with van der Waals surface area (Å²) in [5, 5.41) is 2.81. The molecule has 0 saturated carbocycles. The van der Waals surface area contributed by atoms with Crippen LogP contribution in [0.2, 0.25) is 5.02 Å². The summed E-state index contributed by atoms with van der Waals surface area (Å²) in [4.78, 5) is 25.2. The molecule has 1 atom stereocenters.